The standard InChI is InChI=1S/C19H24N4O/c1-3-22-10-12-23(13-11-22)17-8-9-20-18(14-17)19(24)21-16-6-4-15(2)5-7-16/h4-9,14H,3,10-13H2,1-2H3,(H,21,24). The zero-order chi connectivity index (χ0) is 16.9. The first-order chi connectivity index (χ1) is 11.7. The zero-order valence-corrected chi connectivity index (χ0v) is 14.3. The van der Waals surface area contributed by atoms with E-state index in [1.807, 2.05) is 43.3 Å². The van der Waals surface area contributed by atoms with E-state index in [9.17, 15) is 4.79 Å². The summed E-state index contributed by atoms with van der Waals surface area (Å²) >= 11 is 0. The van der Waals surface area contributed by atoms with Crippen molar-refractivity contribution < 1.29 is 4.79 Å². The minimum atomic E-state index is -0.173. The predicted octanol–water partition coefficient (Wildman–Crippen LogP) is 2.78. The number of aryl methyl sites for hydroxylation is 1. The van der Waals surface area contributed by atoms with Crippen LogP contribution in [-0.4, -0.2) is 48.5 Å². The van der Waals surface area contributed by atoms with Crippen molar-refractivity contribution in [3.63, 3.8) is 0 Å². The maximum absolute atomic E-state index is 12.4. The molecule has 0 atom stereocenters. The molecule has 1 aliphatic heterocycles. The third-order valence-electron chi connectivity index (χ3n) is 4.47. The SMILES string of the molecule is CCN1CCN(c2ccnc(C(=O)Nc3ccc(C)cc3)c2)CC1. The first-order valence-corrected chi connectivity index (χ1v) is 8.47. The number of hydrogen-bond donors (Lipinski definition) is 1. The van der Waals surface area contributed by atoms with Crippen LogP contribution in [0, 0.1) is 6.92 Å². The van der Waals surface area contributed by atoms with E-state index in [4.69, 9.17) is 0 Å². The fourth-order valence-corrected chi connectivity index (χ4v) is 2.89. The van der Waals surface area contributed by atoms with Crippen LogP contribution in [0.5, 0.6) is 0 Å². The van der Waals surface area contributed by atoms with Crippen molar-refractivity contribution in [2.75, 3.05) is 42.9 Å². The molecule has 5 nitrogen and oxygen atoms in total. The van der Waals surface area contributed by atoms with Crippen LogP contribution in [-0.2, 0) is 0 Å². The molecule has 2 aromatic rings. The van der Waals surface area contributed by atoms with Crippen LogP contribution in [0.15, 0.2) is 42.6 Å². The fourth-order valence-electron chi connectivity index (χ4n) is 2.89. The normalized spacial score (nSPS) is 15.3. The summed E-state index contributed by atoms with van der Waals surface area (Å²) in [6.45, 7) is 9.39. The Labute approximate surface area is 143 Å². The lowest BCUT2D eigenvalue weighted by Gasteiger charge is -2.35. The molecule has 24 heavy (non-hydrogen) atoms. The van der Waals surface area contributed by atoms with Crippen molar-refractivity contribution in [1.82, 2.24) is 9.88 Å². The van der Waals surface area contributed by atoms with Crippen LogP contribution < -0.4 is 10.2 Å². The zero-order valence-electron chi connectivity index (χ0n) is 14.3. The number of benzene rings is 1. The van der Waals surface area contributed by atoms with Gasteiger partial charge in [0.15, 0.2) is 0 Å². The highest BCUT2D eigenvalue weighted by Crippen LogP contribution is 2.18. The van der Waals surface area contributed by atoms with Crippen molar-refractivity contribution in [2.24, 2.45) is 0 Å². The van der Waals surface area contributed by atoms with Gasteiger partial charge in [0.2, 0.25) is 0 Å². The maximum Gasteiger partial charge on any atom is 0.274 e. The number of nitrogens with zero attached hydrogens (tertiary/aromatic N) is 3. The Morgan fingerprint density at radius 1 is 1.12 bits per heavy atom. The molecule has 0 unspecified atom stereocenters. The lowest BCUT2D eigenvalue weighted by Crippen LogP contribution is -2.46. The summed E-state index contributed by atoms with van der Waals surface area (Å²) < 4.78 is 0. The van der Waals surface area contributed by atoms with Crippen LogP contribution in [0.25, 0.3) is 0 Å². The molecule has 3 rings (SSSR count). The monoisotopic (exact) mass is 324 g/mol. The number of aromatic nitrogens is 1. The molecule has 1 aromatic carbocycles. The van der Waals surface area contributed by atoms with Gasteiger partial charge in [0.1, 0.15) is 5.69 Å². The molecule has 1 fully saturated rings. The first-order valence-electron chi connectivity index (χ1n) is 8.47. The van der Waals surface area contributed by atoms with Gasteiger partial charge in [-0.25, -0.2) is 0 Å². The van der Waals surface area contributed by atoms with Gasteiger partial charge < -0.3 is 15.1 Å². The molecule has 0 bridgehead atoms. The van der Waals surface area contributed by atoms with Crippen LogP contribution in [0.4, 0.5) is 11.4 Å². The van der Waals surface area contributed by atoms with E-state index in [0.717, 1.165) is 44.1 Å². The Balaban J connectivity index is 1.68. The Bertz CT molecular complexity index is 691. The minimum absolute atomic E-state index is 0.173. The van der Waals surface area contributed by atoms with Crippen LogP contribution in [0.2, 0.25) is 0 Å². The number of carbonyl (C=O) groups is 1. The highest BCUT2D eigenvalue weighted by atomic mass is 16.1. The summed E-state index contributed by atoms with van der Waals surface area (Å²) in [5.41, 5.74) is 3.47. The average Bonchev–Trinajstić information content (AvgIpc) is 2.64. The van der Waals surface area contributed by atoms with E-state index in [1.165, 1.54) is 5.56 Å². The van der Waals surface area contributed by atoms with Crippen LogP contribution >= 0.6 is 0 Å². The van der Waals surface area contributed by atoms with Gasteiger partial charge in [0, 0.05) is 43.8 Å². The number of carbonyl (C=O) groups excluding carboxylic acids is 1. The van der Waals surface area contributed by atoms with Crippen molar-refractivity contribution in [1.29, 1.82) is 0 Å². The van der Waals surface area contributed by atoms with Gasteiger partial charge in [-0.05, 0) is 37.7 Å². The Hall–Kier alpha value is -2.40. The van der Waals surface area contributed by atoms with E-state index in [1.54, 1.807) is 6.20 Å². The maximum atomic E-state index is 12.4. The van der Waals surface area contributed by atoms with Gasteiger partial charge in [-0.1, -0.05) is 24.6 Å². The van der Waals surface area contributed by atoms with E-state index in [0.29, 0.717) is 5.69 Å². The molecule has 5 heteroatoms. The average molecular weight is 324 g/mol. The highest BCUT2D eigenvalue weighted by molar-refractivity contribution is 6.03. The van der Waals surface area contributed by atoms with Gasteiger partial charge in [-0.3, -0.25) is 9.78 Å². The molecule has 0 radical (unpaired) electrons. The largest absolute Gasteiger partial charge is 0.369 e. The molecule has 1 saturated heterocycles. The minimum Gasteiger partial charge on any atom is -0.369 e. The van der Waals surface area contributed by atoms with Crippen molar-refractivity contribution >= 4 is 17.3 Å². The summed E-state index contributed by atoms with van der Waals surface area (Å²) in [5.74, 6) is -0.173. The second kappa shape index (κ2) is 7.45. The van der Waals surface area contributed by atoms with Crippen LogP contribution in [0.1, 0.15) is 23.0 Å². The molecule has 1 aliphatic rings. The predicted molar refractivity (Wildman–Crippen MR) is 97.7 cm³/mol. The van der Waals surface area contributed by atoms with Gasteiger partial charge >= 0.3 is 0 Å². The van der Waals surface area contributed by atoms with Crippen molar-refractivity contribution in [3.05, 3.63) is 53.9 Å². The number of hydrogen-bond acceptors (Lipinski definition) is 4. The van der Waals surface area contributed by atoms with E-state index in [-0.39, 0.29) is 5.91 Å². The molecule has 2 heterocycles. The Morgan fingerprint density at radius 3 is 2.50 bits per heavy atom. The van der Waals surface area contributed by atoms with Gasteiger partial charge in [0.25, 0.3) is 5.91 Å². The molecule has 1 N–H and O–H groups in total. The number of nitrogens with one attached hydrogen (secondary N) is 1. The third kappa shape index (κ3) is 3.92. The summed E-state index contributed by atoms with van der Waals surface area (Å²) in [6.07, 6.45) is 1.71. The molecular weight excluding hydrogens is 300 g/mol. The lowest BCUT2D eigenvalue weighted by molar-refractivity contribution is 0.102. The third-order valence-corrected chi connectivity index (χ3v) is 4.47. The van der Waals surface area contributed by atoms with Crippen molar-refractivity contribution in [3.8, 4) is 0 Å². The highest BCUT2D eigenvalue weighted by Gasteiger charge is 2.17. The van der Waals surface area contributed by atoms with Crippen LogP contribution in [0.3, 0.4) is 0 Å². The summed E-state index contributed by atoms with van der Waals surface area (Å²) in [4.78, 5) is 21.4. The van der Waals surface area contributed by atoms with Gasteiger partial charge in [-0.2, -0.15) is 0 Å². The topological polar surface area (TPSA) is 48.5 Å². The summed E-state index contributed by atoms with van der Waals surface area (Å²) in [5, 5.41) is 2.90. The summed E-state index contributed by atoms with van der Waals surface area (Å²) in [6, 6.07) is 11.6. The quantitative estimate of drug-likeness (QED) is 0.939. The van der Waals surface area contributed by atoms with Crippen molar-refractivity contribution in [2.45, 2.75) is 13.8 Å². The van der Waals surface area contributed by atoms with E-state index < -0.39 is 0 Å². The molecule has 0 saturated carbocycles. The number of amides is 1. The number of pyridine rings is 1. The number of rotatable bonds is 4. The number of likely N-dealkylation sites (N-methyl/N-ethyl adjacent to an activating group) is 1. The Kier molecular flexibility index (Phi) is 5.11. The fraction of sp³-hybridized carbons (Fsp3) is 0.368. The molecular formula is C19H24N4O. The molecule has 1 aromatic heterocycles. The smallest absolute Gasteiger partial charge is 0.274 e. The molecule has 126 valence electrons. The number of anilines is 2. The Morgan fingerprint density at radius 2 is 1.83 bits per heavy atom. The van der Waals surface area contributed by atoms with E-state index in [2.05, 4.69) is 27.0 Å². The lowest BCUT2D eigenvalue weighted by atomic mass is 10.2. The van der Waals surface area contributed by atoms with Gasteiger partial charge in [-0.15, -0.1) is 0 Å². The van der Waals surface area contributed by atoms with Gasteiger partial charge in [0.05, 0.1) is 0 Å². The number of piperazine rings is 1. The van der Waals surface area contributed by atoms with E-state index >= 15 is 0 Å². The second-order valence-corrected chi connectivity index (χ2v) is 6.14. The second-order valence-electron chi connectivity index (χ2n) is 6.14. The first kappa shape index (κ1) is 16.5. The molecule has 0 spiro atoms. The molecule has 1 amide bonds. The summed E-state index contributed by atoms with van der Waals surface area (Å²) in [7, 11) is 0. The molecule has 0 aliphatic carbocycles.